The standard InChI is InChI=1S/C12H12ClN3O/c1-8-11(7-14-16(8)2)12(17)15-10-5-3-9(13)4-6-10/h3-7H,1-2H3,(H,15,17). The third-order valence-corrected chi connectivity index (χ3v) is 2.83. The van der Waals surface area contributed by atoms with E-state index in [1.54, 1.807) is 42.2 Å². The molecule has 0 saturated heterocycles. The molecule has 0 atom stereocenters. The number of aryl methyl sites for hydroxylation is 1. The van der Waals surface area contributed by atoms with Crippen LogP contribution in [0.25, 0.3) is 0 Å². The molecule has 1 amide bonds. The van der Waals surface area contributed by atoms with Gasteiger partial charge < -0.3 is 5.32 Å². The third kappa shape index (κ3) is 2.47. The summed E-state index contributed by atoms with van der Waals surface area (Å²) < 4.78 is 1.66. The van der Waals surface area contributed by atoms with Crippen molar-refractivity contribution in [3.8, 4) is 0 Å². The van der Waals surface area contributed by atoms with Gasteiger partial charge in [0, 0.05) is 23.5 Å². The average Bonchev–Trinajstić information content (AvgIpc) is 2.63. The van der Waals surface area contributed by atoms with Crippen LogP contribution in [-0.2, 0) is 7.05 Å². The average molecular weight is 250 g/mol. The van der Waals surface area contributed by atoms with Gasteiger partial charge in [-0.1, -0.05) is 11.6 Å². The van der Waals surface area contributed by atoms with Crippen molar-refractivity contribution in [1.82, 2.24) is 9.78 Å². The van der Waals surface area contributed by atoms with Gasteiger partial charge in [-0.25, -0.2) is 0 Å². The van der Waals surface area contributed by atoms with Crippen LogP contribution >= 0.6 is 11.6 Å². The van der Waals surface area contributed by atoms with E-state index in [0.717, 1.165) is 5.69 Å². The molecule has 0 spiro atoms. The second-order valence-corrected chi connectivity index (χ2v) is 4.16. The Morgan fingerprint density at radius 3 is 2.53 bits per heavy atom. The highest BCUT2D eigenvalue weighted by Gasteiger charge is 2.12. The molecule has 88 valence electrons. The molecule has 0 fully saturated rings. The van der Waals surface area contributed by atoms with Crippen molar-refractivity contribution in [2.75, 3.05) is 5.32 Å². The molecule has 0 bridgehead atoms. The number of hydrogen-bond donors (Lipinski definition) is 1. The number of halogens is 1. The second-order valence-electron chi connectivity index (χ2n) is 3.73. The van der Waals surface area contributed by atoms with Gasteiger partial charge in [-0.15, -0.1) is 0 Å². The van der Waals surface area contributed by atoms with Crippen molar-refractivity contribution < 1.29 is 4.79 Å². The van der Waals surface area contributed by atoms with Gasteiger partial charge >= 0.3 is 0 Å². The molecule has 0 aliphatic rings. The van der Waals surface area contributed by atoms with Gasteiger partial charge in [0.15, 0.2) is 0 Å². The Bertz CT molecular complexity index is 545. The minimum atomic E-state index is -0.169. The molecule has 2 aromatic rings. The van der Waals surface area contributed by atoms with Gasteiger partial charge in [0.1, 0.15) is 0 Å². The Labute approximate surface area is 104 Å². The van der Waals surface area contributed by atoms with E-state index >= 15 is 0 Å². The van der Waals surface area contributed by atoms with E-state index in [-0.39, 0.29) is 5.91 Å². The molecule has 0 aliphatic carbocycles. The smallest absolute Gasteiger partial charge is 0.259 e. The first-order valence-corrected chi connectivity index (χ1v) is 5.51. The summed E-state index contributed by atoms with van der Waals surface area (Å²) >= 11 is 5.77. The molecule has 1 heterocycles. The Balaban J connectivity index is 2.17. The van der Waals surface area contributed by atoms with E-state index in [9.17, 15) is 4.79 Å². The van der Waals surface area contributed by atoms with Crippen LogP contribution in [0, 0.1) is 6.92 Å². The first-order valence-electron chi connectivity index (χ1n) is 5.13. The van der Waals surface area contributed by atoms with Crippen LogP contribution in [-0.4, -0.2) is 15.7 Å². The van der Waals surface area contributed by atoms with E-state index < -0.39 is 0 Å². The fraction of sp³-hybridized carbons (Fsp3) is 0.167. The number of nitrogens with zero attached hydrogens (tertiary/aromatic N) is 2. The normalized spacial score (nSPS) is 10.3. The SMILES string of the molecule is Cc1c(C(=O)Nc2ccc(Cl)cc2)cnn1C. The molecular formula is C12H12ClN3O. The highest BCUT2D eigenvalue weighted by Crippen LogP contribution is 2.15. The summed E-state index contributed by atoms with van der Waals surface area (Å²) in [5, 5.41) is 7.46. The molecule has 5 heteroatoms. The minimum Gasteiger partial charge on any atom is -0.322 e. The molecule has 0 saturated carbocycles. The Morgan fingerprint density at radius 2 is 2.00 bits per heavy atom. The quantitative estimate of drug-likeness (QED) is 0.889. The van der Waals surface area contributed by atoms with Crippen molar-refractivity contribution in [3.63, 3.8) is 0 Å². The molecule has 4 nitrogen and oxygen atoms in total. The van der Waals surface area contributed by atoms with Crippen molar-refractivity contribution >= 4 is 23.2 Å². The maximum absolute atomic E-state index is 11.9. The number of aromatic nitrogens is 2. The van der Waals surface area contributed by atoms with Crippen LogP contribution in [0.1, 0.15) is 16.1 Å². The zero-order valence-electron chi connectivity index (χ0n) is 9.57. The van der Waals surface area contributed by atoms with E-state index in [1.165, 1.54) is 0 Å². The largest absolute Gasteiger partial charge is 0.322 e. The van der Waals surface area contributed by atoms with Crippen LogP contribution in [0.4, 0.5) is 5.69 Å². The predicted molar refractivity (Wildman–Crippen MR) is 67.4 cm³/mol. The molecule has 0 unspecified atom stereocenters. The van der Waals surface area contributed by atoms with E-state index in [4.69, 9.17) is 11.6 Å². The number of nitrogens with one attached hydrogen (secondary N) is 1. The van der Waals surface area contributed by atoms with Crippen LogP contribution in [0.15, 0.2) is 30.5 Å². The summed E-state index contributed by atoms with van der Waals surface area (Å²) in [5.74, 6) is -0.169. The Morgan fingerprint density at radius 1 is 1.35 bits per heavy atom. The van der Waals surface area contributed by atoms with Gasteiger partial charge in [0.2, 0.25) is 0 Å². The first-order chi connectivity index (χ1) is 8.08. The predicted octanol–water partition coefficient (Wildman–Crippen LogP) is 2.63. The maximum atomic E-state index is 11.9. The number of rotatable bonds is 2. The van der Waals surface area contributed by atoms with Crippen molar-refractivity contribution in [3.05, 3.63) is 46.7 Å². The van der Waals surface area contributed by atoms with Crippen LogP contribution in [0.2, 0.25) is 5.02 Å². The lowest BCUT2D eigenvalue weighted by molar-refractivity contribution is 0.102. The zero-order valence-corrected chi connectivity index (χ0v) is 10.3. The number of anilines is 1. The second kappa shape index (κ2) is 4.59. The number of benzene rings is 1. The van der Waals surface area contributed by atoms with Gasteiger partial charge in [-0.3, -0.25) is 9.48 Å². The molecule has 1 N–H and O–H groups in total. The van der Waals surface area contributed by atoms with Gasteiger partial charge in [-0.05, 0) is 31.2 Å². The van der Waals surface area contributed by atoms with Crippen molar-refractivity contribution in [2.24, 2.45) is 7.05 Å². The van der Waals surface area contributed by atoms with Crippen LogP contribution in [0.3, 0.4) is 0 Å². The monoisotopic (exact) mass is 249 g/mol. The summed E-state index contributed by atoms with van der Waals surface area (Å²) in [6, 6.07) is 6.97. The first kappa shape index (κ1) is 11.7. The van der Waals surface area contributed by atoms with E-state index in [1.807, 2.05) is 6.92 Å². The van der Waals surface area contributed by atoms with Gasteiger partial charge in [0.05, 0.1) is 11.8 Å². The third-order valence-electron chi connectivity index (χ3n) is 2.58. The highest BCUT2D eigenvalue weighted by atomic mass is 35.5. The van der Waals surface area contributed by atoms with Gasteiger partial charge in [-0.2, -0.15) is 5.10 Å². The molecule has 0 aliphatic heterocycles. The molecule has 0 radical (unpaired) electrons. The van der Waals surface area contributed by atoms with Gasteiger partial charge in [0.25, 0.3) is 5.91 Å². The lowest BCUT2D eigenvalue weighted by Gasteiger charge is -2.04. The molecular weight excluding hydrogens is 238 g/mol. The summed E-state index contributed by atoms with van der Waals surface area (Å²) in [4.78, 5) is 11.9. The van der Waals surface area contributed by atoms with Crippen molar-refractivity contribution in [1.29, 1.82) is 0 Å². The summed E-state index contributed by atoms with van der Waals surface area (Å²) in [6.45, 7) is 1.85. The van der Waals surface area contributed by atoms with E-state index in [2.05, 4.69) is 10.4 Å². The topological polar surface area (TPSA) is 46.9 Å². The van der Waals surface area contributed by atoms with Crippen LogP contribution in [0.5, 0.6) is 0 Å². The Hall–Kier alpha value is -1.81. The number of amides is 1. The Kier molecular flexibility index (Phi) is 3.15. The highest BCUT2D eigenvalue weighted by molar-refractivity contribution is 6.30. The number of hydrogen-bond acceptors (Lipinski definition) is 2. The lowest BCUT2D eigenvalue weighted by atomic mass is 10.2. The summed E-state index contributed by atoms with van der Waals surface area (Å²) in [5.41, 5.74) is 2.11. The number of carbonyl (C=O) groups is 1. The molecule has 1 aromatic carbocycles. The number of carbonyl (C=O) groups excluding carboxylic acids is 1. The lowest BCUT2D eigenvalue weighted by Crippen LogP contribution is -2.12. The summed E-state index contributed by atoms with van der Waals surface area (Å²) in [7, 11) is 1.80. The van der Waals surface area contributed by atoms with E-state index in [0.29, 0.717) is 16.3 Å². The molecule has 2 rings (SSSR count). The van der Waals surface area contributed by atoms with Crippen molar-refractivity contribution in [2.45, 2.75) is 6.92 Å². The molecule has 17 heavy (non-hydrogen) atoms. The zero-order chi connectivity index (χ0) is 12.4. The maximum Gasteiger partial charge on any atom is 0.259 e. The molecule has 1 aromatic heterocycles. The fourth-order valence-corrected chi connectivity index (χ4v) is 1.58. The fourth-order valence-electron chi connectivity index (χ4n) is 1.45. The van der Waals surface area contributed by atoms with Crippen LogP contribution < -0.4 is 5.32 Å². The summed E-state index contributed by atoms with van der Waals surface area (Å²) in [6.07, 6.45) is 1.56. The minimum absolute atomic E-state index is 0.169.